The van der Waals surface area contributed by atoms with Crippen molar-refractivity contribution in [1.82, 2.24) is 5.32 Å². The van der Waals surface area contributed by atoms with Crippen LogP contribution in [0.15, 0.2) is 48.5 Å². The van der Waals surface area contributed by atoms with E-state index in [2.05, 4.69) is 42.6 Å². The molecule has 21 heavy (non-hydrogen) atoms. The number of aryl methyl sites for hydroxylation is 1. The second-order valence-electron chi connectivity index (χ2n) is 5.64. The van der Waals surface area contributed by atoms with Crippen LogP contribution in [-0.2, 0) is 13.0 Å². The predicted molar refractivity (Wildman–Crippen MR) is 86.6 cm³/mol. The van der Waals surface area contributed by atoms with E-state index in [9.17, 15) is 0 Å². The molecule has 2 aromatic rings. The van der Waals surface area contributed by atoms with Crippen molar-refractivity contribution in [3.05, 3.63) is 65.2 Å². The van der Waals surface area contributed by atoms with Crippen LogP contribution in [0.1, 0.15) is 42.5 Å². The minimum absolute atomic E-state index is 0.516. The van der Waals surface area contributed by atoms with Gasteiger partial charge in [-0.1, -0.05) is 43.3 Å². The van der Waals surface area contributed by atoms with E-state index in [1.807, 2.05) is 18.2 Å². The second-order valence-corrected chi connectivity index (χ2v) is 5.64. The average molecular weight is 281 g/mol. The summed E-state index contributed by atoms with van der Waals surface area (Å²) in [6.07, 6.45) is 3.66. The van der Waals surface area contributed by atoms with Crippen LogP contribution in [0.5, 0.6) is 5.75 Å². The highest BCUT2D eigenvalue weighted by Crippen LogP contribution is 2.32. The quantitative estimate of drug-likeness (QED) is 0.884. The van der Waals surface area contributed by atoms with E-state index in [1.54, 1.807) is 0 Å². The number of hydrogen-bond donors (Lipinski definition) is 1. The van der Waals surface area contributed by atoms with Gasteiger partial charge in [0.15, 0.2) is 0 Å². The van der Waals surface area contributed by atoms with Crippen LogP contribution in [-0.4, -0.2) is 6.54 Å². The molecule has 0 fully saturated rings. The van der Waals surface area contributed by atoms with Gasteiger partial charge in [0.2, 0.25) is 0 Å². The van der Waals surface area contributed by atoms with E-state index < -0.39 is 0 Å². The van der Waals surface area contributed by atoms with E-state index in [0.29, 0.717) is 12.6 Å². The molecule has 0 radical (unpaired) electrons. The fraction of sp³-hybridized carbons (Fsp3) is 0.368. The molecule has 2 nitrogen and oxygen atoms in total. The summed E-state index contributed by atoms with van der Waals surface area (Å²) in [6, 6.07) is 17.4. The molecule has 0 saturated carbocycles. The molecule has 1 unspecified atom stereocenters. The first-order valence-electron chi connectivity index (χ1n) is 7.89. The Bertz CT molecular complexity index is 579. The molecule has 2 heteroatoms. The molecular weight excluding hydrogens is 258 g/mol. The van der Waals surface area contributed by atoms with Crippen LogP contribution in [0.25, 0.3) is 0 Å². The minimum atomic E-state index is 0.516. The number of nitrogens with one attached hydrogen (secondary N) is 1. The Morgan fingerprint density at radius 2 is 2.00 bits per heavy atom. The third kappa shape index (κ3) is 3.45. The summed E-state index contributed by atoms with van der Waals surface area (Å²) in [5.74, 6) is 0.981. The highest BCUT2D eigenvalue weighted by atomic mass is 16.5. The second kappa shape index (κ2) is 6.77. The van der Waals surface area contributed by atoms with Crippen LogP contribution in [0.3, 0.4) is 0 Å². The largest absolute Gasteiger partial charge is 0.489 e. The van der Waals surface area contributed by atoms with Crippen molar-refractivity contribution < 1.29 is 4.74 Å². The zero-order valence-corrected chi connectivity index (χ0v) is 12.6. The maximum atomic E-state index is 5.93. The Balaban J connectivity index is 1.71. The van der Waals surface area contributed by atoms with E-state index in [-0.39, 0.29) is 0 Å². The summed E-state index contributed by atoms with van der Waals surface area (Å²) in [7, 11) is 0. The zero-order valence-electron chi connectivity index (χ0n) is 12.6. The van der Waals surface area contributed by atoms with Gasteiger partial charge in [-0.3, -0.25) is 0 Å². The molecule has 1 aliphatic rings. The lowest BCUT2D eigenvalue weighted by atomic mass is 9.87. The maximum Gasteiger partial charge on any atom is 0.120 e. The van der Waals surface area contributed by atoms with Gasteiger partial charge in [-0.15, -0.1) is 0 Å². The summed E-state index contributed by atoms with van der Waals surface area (Å²) in [5.41, 5.74) is 4.11. The van der Waals surface area contributed by atoms with Crippen molar-refractivity contribution in [2.24, 2.45) is 0 Å². The van der Waals surface area contributed by atoms with Gasteiger partial charge in [-0.05, 0) is 54.6 Å². The van der Waals surface area contributed by atoms with E-state index in [1.165, 1.54) is 36.0 Å². The molecule has 0 aliphatic heterocycles. The van der Waals surface area contributed by atoms with E-state index >= 15 is 0 Å². The summed E-state index contributed by atoms with van der Waals surface area (Å²) < 4.78 is 5.93. The van der Waals surface area contributed by atoms with Gasteiger partial charge in [0.1, 0.15) is 12.4 Å². The molecule has 3 rings (SSSR count). The van der Waals surface area contributed by atoms with Crippen molar-refractivity contribution in [3.63, 3.8) is 0 Å². The molecule has 2 aromatic carbocycles. The topological polar surface area (TPSA) is 21.3 Å². The average Bonchev–Trinajstić information content (AvgIpc) is 2.54. The SMILES string of the molecule is CCNC1CCCc2cc(OCc3ccccc3)ccc21. The Hall–Kier alpha value is -1.80. The van der Waals surface area contributed by atoms with Crippen molar-refractivity contribution in [3.8, 4) is 5.75 Å². The third-order valence-electron chi connectivity index (χ3n) is 4.13. The Labute approximate surface area is 127 Å². The van der Waals surface area contributed by atoms with Gasteiger partial charge in [0, 0.05) is 6.04 Å². The lowest BCUT2D eigenvalue weighted by Gasteiger charge is -2.26. The predicted octanol–water partition coefficient (Wildman–Crippen LogP) is 4.25. The summed E-state index contributed by atoms with van der Waals surface area (Å²) >= 11 is 0. The van der Waals surface area contributed by atoms with Crippen molar-refractivity contribution in [2.45, 2.75) is 38.8 Å². The molecule has 0 heterocycles. The van der Waals surface area contributed by atoms with Crippen LogP contribution in [0.2, 0.25) is 0 Å². The fourth-order valence-electron chi connectivity index (χ4n) is 3.08. The first kappa shape index (κ1) is 14.2. The summed E-state index contributed by atoms with van der Waals surface area (Å²) in [6.45, 7) is 3.83. The molecule has 0 aromatic heterocycles. The first-order chi connectivity index (χ1) is 10.4. The molecular formula is C19H23NO. The number of ether oxygens (including phenoxy) is 1. The van der Waals surface area contributed by atoms with E-state index in [4.69, 9.17) is 4.74 Å². The molecule has 1 atom stereocenters. The first-order valence-corrected chi connectivity index (χ1v) is 7.89. The summed E-state index contributed by atoms with van der Waals surface area (Å²) in [5, 5.41) is 3.58. The number of benzene rings is 2. The van der Waals surface area contributed by atoms with Crippen molar-refractivity contribution >= 4 is 0 Å². The minimum Gasteiger partial charge on any atom is -0.489 e. The summed E-state index contributed by atoms with van der Waals surface area (Å²) in [4.78, 5) is 0. The lowest BCUT2D eigenvalue weighted by Crippen LogP contribution is -2.24. The Kier molecular flexibility index (Phi) is 4.56. The molecule has 0 bridgehead atoms. The number of fused-ring (bicyclic) bond motifs is 1. The van der Waals surface area contributed by atoms with E-state index in [0.717, 1.165) is 12.3 Å². The van der Waals surface area contributed by atoms with Gasteiger partial charge in [0.05, 0.1) is 0 Å². The number of rotatable bonds is 5. The monoisotopic (exact) mass is 281 g/mol. The van der Waals surface area contributed by atoms with Gasteiger partial charge in [-0.2, -0.15) is 0 Å². The molecule has 0 saturated heterocycles. The zero-order chi connectivity index (χ0) is 14.5. The highest BCUT2D eigenvalue weighted by molar-refractivity contribution is 5.39. The Morgan fingerprint density at radius 1 is 1.14 bits per heavy atom. The molecule has 0 spiro atoms. The lowest BCUT2D eigenvalue weighted by molar-refractivity contribution is 0.305. The van der Waals surface area contributed by atoms with Gasteiger partial charge in [0.25, 0.3) is 0 Å². The van der Waals surface area contributed by atoms with Crippen LogP contribution >= 0.6 is 0 Å². The Morgan fingerprint density at radius 3 is 2.81 bits per heavy atom. The smallest absolute Gasteiger partial charge is 0.120 e. The standard InChI is InChI=1S/C19H23NO/c1-2-20-19-10-6-9-16-13-17(11-12-18(16)19)21-14-15-7-4-3-5-8-15/h3-5,7-8,11-13,19-20H,2,6,9-10,14H2,1H3. The van der Waals surface area contributed by atoms with Gasteiger partial charge in [-0.25, -0.2) is 0 Å². The third-order valence-corrected chi connectivity index (χ3v) is 4.13. The normalized spacial score (nSPS) is 17.3. The van der Waals surface area contributed by atoms with Crippen LogP contribution in [0, 0.1) is 0 Å². The molecule has 1 aliphatic carbocycles. The number of hydrogen-bond acceptors (Lipinski definition) is 2. The molecule has 0 amide bonds. The highest BCUT2D eigenvalue weighted by Gasteiger charge is 2.19. The van der Waals surface area contributed by atoms with Gasteiger partial charge >= 0.3 is 0 Å². The van der Waals surface area contributed by atoms with Crippen molar-refractivity contribution in [1.29, 1.82) is 0 Å². The fourth-order valence-corrected chi connectivity index (χ4v) is 3.08. The molecule has 110 valence electrons. The molecule has 1 N–H and O–H groups in total. The van der Waals surface area contributed by atoms with Crippen molar-refractivity contribution in [2.75, 3.05) is 6.54 Å². The van der Waals surface area contributed by atoms with Crippen LogP contribution < -0.4 is 10.1 Å². The van der Waals surface area contributed by atoms with Gasteiger partial charge < -0.3 is 10.1 Å². The maximum absolute atomic E-state index is 5.93. The van der Waals surface area contributed by atoms with Crippen LogP contribution in [0.4, 0.5) is 0 Å².